The van der Waals surface area contributed by atoms with Crippen molar-refractivity contribution in [2.45, 2.75) is 33.3 Å². The van der Waals surface area contributed by atoms with Crippen LogP contribution in [-0.4, -0.2) is 27.3 Å². The number of hydrogen-bond acceptors (Lipinski definition) is 3. The van der Waals surface area contributed by atoms with Crippen LogP contribution in [0, 0.1) is 6.92 Å². The molecule has 0 saturated carbocycles. The first kappa shape index (κ1) is 18.5. The summed E-state index contributed by atoms with van der Waals surface area (Å²) < 4.78 is 7.00. The van der Waals surface area contributed by atoms with Gasteiger partial charge in [0.15, 0.2) is 0 Å². The van der Waals surface area contributed by atoms with Gasteiger partial charge < -0.3 is 14.4 Å². The molecule has 0 spiro atoms. The van der Waals surface area contributed by atoms with Gasteiger partial charge in [0.2, 0.25) is 0 Å². The zero-order valence-corrected chi connectivity index (χ0v) is 15.7. The Kier molecular flexibility index (Phi) is 4.66. The molecular formula is C21H22N2O4. The van der Waals surface area contributed by atoms with Crippen molar-refractivity contribution in [3.8, 4) is 5.69 Å². The smallest absolute Gasteiger partial charge is 0.412 e. The van der Waals surface area contributed by atoms with Gasteiger partial charge in [-0.05, 0) is 51.5 Å². The fourth-order valence-corrected chi connectivity index (χ4v) is 3.02. The Morgan fingerprint density at radius 2 is 1.78 bits per heavy atom. The standard InChI is InChI=1S/C21H22N2O4/c1-13-8-7-10-15(22-20(26)27-21(2,3)4)18(13)23-16-11-6-5-9-14(16)12-17(23)19(24)25/h5-12H,1-4H3,(H,22,26)(H,24,25). The normalized spacial score (nSPS) is 11.4. The van der Waals surface area contributed by atoms with Crippen LogP contribution in [0.1, 0.15) is 36.8 Å². The molecular weight excluding hydrogens is 344 g/mol. The predicted molar refractivity (Wildman–Crippen MR) is 105 cm³/mol. The number of para-hydroxylation sites is 2. The van der Waals surface area contributed by atoms with Crippen molar-refractivity contribution < 1.29 is 19.4 Å². The van der Waals surface area contributed by atoms with E-state index in [1.807, 2.05) is 37.3 Å². The van der Waals surface area contributed by atoms with E-state index in [-0.39, 0.29) is 5.69 Å². The number of aromatic carboxylic acids is 1. The van der Waals surface area contributed by atoms with E-state index in [2.05, 4.69) is 5.32 Å². The third-order valence-electron chi connectivity index (χ3n) is 4.03. The van der Waals surface area contributed by atoms with Crippen LogP contribution in [-0.2, 0) is 4.74 Å². The summed E-state index contributed by atoms with van der Waals surface area (Å²) in [6, 6.07) is 14.4. The molecule has 0 saturated heterocycles. The van der Waals surface area contributed by atoms with E-state index in [0.717, 1.165) is 16.5 Å². The number of carboxylic acid groups (broad SMARTS) is 1. The molecule has 0 radical (unpaired) electrons. The number of carbonyl (C=O) groups is 2. The molecule has 0 atom stereocenters. The summed E-state index contributed by atoms with van der Waals surface area (Å²) in [5.74, 6) is -1.04. The summed E-state index contributed by atoms with van der Waals surface area (Å²) in [6.07, 6.45) is -0.595. The summed E-state index contributed by atoms with van der Waals surface area (Å²) in [5, 5.41) is 13.3. The van der Waals surface area contributed by atoms with Crippen LogP contribution in [0.15, 0.2) is 48.5 Å². The average Bonchev–Trinajstić information content (AvgIpc) is 2.93. The summed E-state index contributed by atoms with van der Waals surface area (Å²) in [4.78, 5) is 24.1. The Balaban J connectivity index is 2.18. The van der Waals surface area contributed by atoms with Gasteiger partial charge in [-0.1, -0.05) is 30.3 Å². The largest absolute Gasteiger partial charge is 0.477 e. The monoisotopic (exact) mass is 366 g/mol. The molecule has 6 nitrogen and oxygen atoms in total. The Morgan fingerprint density at radius 3 is 2.44 bits per heavy atom. The SMILES string of the molecule is Cc1cccc(NC(=O)OC(C)(C)C)c1-n1c(C(=O)O)cc2ccccc21. The van der Waals surface area contributed by atoms with Crippen LogP contribution in [0.4, 0.5) is 10.5 Å². The van der Waals surface area contributed by atoms with E-state index >= 15 is 0 Å². The fraction of sp³-hybridized carbons (Fsp3) is 0.238. The van der Waals surface area contributed by atoms with Crippen molar-refractivity contribution in [1.82, 2.24) is 4.57 Å². The highest BCUT2D eigenvalue weighted by Crippen LogP contribution is 2.31. The average molecular weight is 366 g/mol. The zero-order chi connectivity index (χ0) is 19.8. The third kappa shape index (κ3) is 3.79. The van der Waals surface area contributed by atoms with Crippen molar-refractivity contribution in [2.75, 3.05) is 5.32 Å². The van der Waals surface area contributed by atoms with E-state index in [1.54, 1.807) is 43.5 Å². The van der Waals surface area contributed by atoms with Gasteiger partial charge in [0.1, 0.15) is 11.3 Å². The molecule has 140 valence electrons. The van der Waals surface area contributed by atoms with Crippen LogP contribution < -0.4 is 5.32 Å². The van der Waals surface area contributed by atoms with E-state index < -0.39 is 17.7 Å². The fourth-order valence-electron chi connectivity index (χ4n) is 3.02. The number of amides is 1. The summed E-state index contributed by atoms with van der Waals surface area (Å²) in [6.45, 7) is 7.22. The van der Waals surface area contributed by atoms with Crippen molar-refractivity contribution >= 4 is 28.7 Å². The van der Waals surface area contributed by atoms with E-state index in [9.17, 15) is 14.7 Å². The number of fused-ring (bicyclic) bond motifs is 1. The second kappa shape index (κ2) is 6.79. The number of carboxylic acids is 1. The van der Waals surface area contributed by atoms with Crippen LogP contribution in [0.2, 0.25) is 0 Å². The summed E-state index contributed by atoms with van der Waals surface area (Å²) in [7, 11) is 0. The van der Waals surface area contributed by atoms with Crippen molar-refractivity contribution in [3.05, 3.63) is 59.8 Å². The van der Waals surface area contributed by atoms with Gasteiger partial charge in [-0.2, -0.15) is 0 Å². The van der Waals surface area contributed by atoms with Gasteiger partial charge in [-0.25, -0.2) is 9.59 Å². The third-order valence-corrected chi connectivity index (χ3v) is 4.03. The van der Waals surface area contributed by atoms with E-state index in [1.165, 1.54) is 0 Å². The second-order valence-corrected chi connectivity index (χ2v) is 7.33. The van der Waals surface area contributed by atoms with Crippen LogP contribution in [0.25, 0.3) is 16.6 Å². The van der Waals surface area contributed by atoms with Crippen molar-refractivity contribution in [1.29, 1.82) is 0 Å². The summed E-state index contributed by atoms with van der Waals surface area (Å²) in [5.41, 5.74) is 2.14. The molecule has 2 N–H and O–H groups in total. The molecule has 27 heavy (non-hydrogen) atoms. The number of hydrogen-bond donors (Lipinski definition) is 2. The molecule has 0 aliphatic heterocycles. The molecule has 2 aromatic carbocycles. The molecule has 0 bridgehead atoms. The number of ether oxygens (including phenoxy) is 1. The van der Waals surface area contributed by atoms with E-state index in [0.29, 0.717) is 11.4 Å². The topological polar surface area (TPSA) is 80.6 Å². The quantitative estimate of drug-likeness (QED) is 0.685. The molecule has 6 heteroatoms. The van der Waals surface area contributed by atoms with Gasteiger partial charge in [-0.3, -0.25) is 5.32 Å². The molecule has 1 aromatic heterocycles. The van der Waals surface area contributed by atoms with Crippen molar-refractivity contribution in [2.24, 2.45) is 0 Å². The van der Waals surface area contributed by atoms with Gasteiger partial charge in [0.05, 0.1) is 16.9 Å². The van der Waals surface area contributed by atoms with Crippen LogP contribution >= 0.6 is 0 Å². The number of rotatable bonds is 3. The number of carbonyl (C=O) groups excluding carboxylic acids is 1. The van der Waals surface area contributed by atoms with Gasteiger partial charge >= 0.3 is 12.1 Å². The molecule has 0 aliphatic carbocycles. The van der Waals surface area contributed by atoms with Crippen LogP contribution in [0.5, 0.6) is 0 Å². The van der Waals surface area contributed by atoms with Gasteiger partial charge in [-0.15, -0.1) is 0 Å². The molecule has 0 aliphatic rings. The van der Waals surface area contributed by atoms with Gasteiger partial charge in [0.25, 0.3) is 0 Å². The first-order valence-electron chi connectivity index (χ1n) is 8.61. The lowest BCUT2D eigenvalue weighted by atomic mass is 10.1. The molecule has 1 amide bonds. The second-order valence-electron chi connectivity index (χ2n) is 7.33. The van der Waals surface area contributed by atoms with Gasteiger partial charge in [0, 0.05) is 5.39 Å². The number of aryl methyl sites for hydroxylation is 1. The molecule has 1 heterocycles. The number of anilines is 1. The Labute approximate surface area is 157 Å². The molecule has 3 aromatic rings. The van der Waals surface area contributed by atoms with Crippen molar-refractivity contribution in [3.63, 3.8) is 0 Å². The zero-order valence-electron chi connectivity index (χ0n) is 15.7. The number of nitrogens with one attached hydrogen (secondary N) is 1. The minimum atomic E-state index is -1.04. The summed E-state index contributed by atoms with van der Waals surface area (Å²) >= 11 is 0. The Morgan fingerprint density at radius 1 is 1.07 bits per heavy atom. The minimum Gasteiger partial charge on any atom is -0.477 e. The highest BCUT2D eigenvalue weighted by Gasteiger charge is 2.22. The number of nitrogens with zero attached hydrogens (tertiary/aromatic N) is 1. The first-order chi connectivity index (χ1) is 12.7. The number of benzene rings is 2. The lowest BCUT2D eigenvalue weighted by Crippen LogP contribution is -2.27. The molecule has 0 fully saturated rings. The first-order valence-corrected chi connectivity index (χ1v) is 8.61. The Bertz CT molecular complexity index is 1030. The maximum absolute atomic E-state index is 12.3. The number of aromatic nitrogens is 1. The maximum Gasteiger partial charge on any atom is 0.412 e. The Hall–Kier alpha value is -3.28. The lowest BCUT2D eigenvalue weighted by Gasteiger charge is -2.22. The minimum absolute atomic E-state index is 0.123. The molecule has 3 rings (SSSR count). The highest BCUT2D eigenvalue weighted by atomic mass is 16.6. The maximum atomic E-state index is 12.3. The van der Waals surface area contributed by atoms with Crippen LogP contribution in [0.3, 0.4) is 0 Å². The molecule has 0 unspecified atom stereocenters. The predicted octanol–water partition coefficient (Wildman–Crippen LogP) is 4.98. The van der Waals surface area contributed by atoms with E-state index in [4.69, 9.17) is 4.74 Å². The highest BCUT2D eigenvalue weighted by molar-refractivity contribution is 5.98. The lowest BCUT2D eigenvalue weighted by molar-refractivity contribution is 0.0634.